The first-order chi connectivity index (χ1) is 14.9. The minimum absolute atomic E-state index is 0.0502. The summed E-state index contributed by atoms with van der Waals surface area (Å²) in [4.78, 5) is 33.3. The molecule has 0 spiro atoms. The summed E-state index contributed by atoms with van der Waals surface area (Å²) in [6, 6.07) is 10.3. The number of benzene rings is 1. The lowest BCUT2D eigenvalue weighted by Crippen LogP contribution is -2.42. The van der Waals surface area contributed by atoms with Crippen LogP contribution in [0.25, 0.3) is 0 Å². The molecule has 4 rings (SSSR count). The van der Waals surface area contributed by atoms with Gasteiger partial charge in [0.2, 0.25) is 5.91 Å². The normalized spacial score (nSPS) is 18.3. The van der Waals surface area contributed by atoms with Crippen LogP contribution < -0.4 is 15.5 Å². The number of hydrogen-bond donors (Lipinski definition) is 2. The van der Waals surface area contributed by atoms with Crippen LogP contribution in [0.2, 0.25) is 0 Å². The van der Waals surface area contributed by atoms with Gasteiger partial charge in [0.1, 0.15) is 5.82 Å². The number of pyridine rings is 1. The lowest BCUT2D eigenvalue weighted by molar-refractivity contribution is -0.116. The standard InChI is InChI=1S/C24H31N5O2/c1-16-8-10-29(11-9-16)21(19-7-5-4-6-17(19)2)14-27-24(31)18-12-20-23(25-13-18)26-15-22(30)28(20)3/h4-7,12-13,16,21H,8-11,14-15H2,1-3H3,(H,25,26)(H,27,31). The smallest absolute Gasteiger partial charge is 0.252 e. The molecule has 0 saturated carbocycles. The Morgan fingerprint density at radius 1 is 1.29 bits per heavy atom. The fourth-order valence-corrected chi connectivity index (χ4v) is 4.41. The van der Waals surface area contributed by atoms with E-state index >= 15 is 0 Å². The third-order valence-corrected chi connectivity index (χ3v) is 6.53. The number of nitrogens with one attached hydrogen (secondary N) is 2. The van der Waals surface area contributed by atoms with Crippen LogP contribution in [0.4, 0.5) is 11.5 Å². The molecule has 7 nitrogen and oxygen atoms in total. The number of nitrogens with zero attached hydrogens (tertiary/aromatic N) is 3. The van der Waals surface area contributed by atoms with Gasteiger partial charge < -0.3 is 15.5 Å². The summed E-state index contributed by atoms with van der Waals surface area (Å²) in [6.07, 6.45) is 3.92. The van der Waals surface area contributed by atoms with Gasteiger partial charge in [0, 0.05) is 19.8 Å². The molecule has 31 heavy (non-hydrogen) atoms. The number of hydrogen-bond acceptors (Lipinski definition) is 5. The second-order valence-corrected chi connectivity index (χ2v) is 8.70. The molecule has 0 aliphatic carbocycles. The van der Waals surface area contributed by atoms with Crippen LogP contribution in [-0.2, 0) is 4.79 Å². The molecule has 1 fully saturated rings. The first kappa shape index (κ1) is 21.3. The Bertz CT molecular complexity index is 968. The average Bonchev–Trinajstić information content (AvgIpc) is 2.78. The van der Waals surface area contributed by atoms with Gasteiger partial charge in [0.05, 0.1) is 23.8 Å². The summed E-state index contributed by atoms with van der Waals surface area (Å²) in [7, 11) is 1.71. The molecule has 1 unspecified atom stereocenters. The van der Waals surface area contributed by atoms with E-state index in [9.17, 15) is 9.59 Å². The Kier molecular flexibility index (Phi) is 6.23. The number of aromatic nitrogens is 1. The van der Waals surface area contributed by atoms with E-state index in [2.05, 4.69) is 58.6 Å². The molecule has 7 heteroatoms. The van der Waals surface area contributed by atoms with Gasteiger partial charge >= 0.3 is 0 Å². The Morgan fingerprint density at radius 2 is 2.03 bits per heavy atom. The Labute approximate surface area is 183 Å². The number of aryl methyl sites for hydroxylation is 1. The number of carbonyl (C=O) groups excluding carboxylic acids is 2. The Hall–Kier alpha value is -2.93. The molecule has 2 aliphatic rings. The van der Waals surface area contributed by atoms with E-state index in [1.54, 1.807) is 24.2 Å². The minimum atomic E-state index is -0.175. The fraction of sp³-hybridized carbons (Fsp3) is 0.458. The van der Waals surface area contributed by atoms with E-state index < -0.39 is 0 Å². The van der Waals surface area contributed by atoms with Crippen LogP contribution in [0.1, 0.15) is 47.3 Å². The summed E-state index contributed by atoms with van der Waals surface area (Å²) < 4.78 is 0. The van der Waals surface area contributed by atoms with Crippen LogP contribution in [0.5, 0.6) is 0 Å². The second kappa shape index (κ2) is 9.06. The summed E-state index contributed by atoms with van der Waals surface area (Å²) in [5.74, 6) is 1.15. The second-order valence-electron chi connectivity index (χ2n) is 8.70. The molecular formula is C24H31N5O2. The van der Waals surface area contributed by atoms with E-state index in [1.165, 1.54) is 24.0 Å². The predicted molar refractivity (Wildman–Crippen MR) is 122 cm³/mol. The van der Waals surface area contributed by atoms with E-state index in [0.717, 1.165) is 19.0 Å². The predicted octanol–water partition coefficient (Wildman–Crippen LogP) is 2.98. The summed E-state index contributed by atoms with van der Waals surface area (Å²) >= 11 is 0. The Balaban J connectivity index is 1.51. The van der Waals surface area contributed by atoms with E-state index in [4.69, 9.17) is 0 Å². The molecule has 2 N–H and O–H groups in total. The first-order valence-electron chi connectivity index (χ1n) is 11.0. The van der Waals surface area contributed by atoms with Gasteiger partial charge in [-0.1, -0.05) is 31.2 Å². The van der Waals surface area contributed by atoms with Crippen molar-refractivity contribution in [2.45, 2.75) is 32.7 Å². The zero-order chi connectivity index (χ0) is 22.0. The SMILES string of the molecule is Cc1ccccc1C(CNC(=O)c1cnc2c(c1)N(C)C(=O)CN2)N1CCC(C)CC1. The van der Waals surface area contributed by atoms with Crippen molar-refractivity contribution in [1.29, 1.82) is 0 Å². The van der Waals surface area contributed by atoms with E-state index in [0.29, 0.717) is 23.6 Å². The van der Waals surface area contributed by atoms with Gasteiger partial charge in [-0.2, -0.15) is 0 Å². The fourth-order valence-electron chi connectivity index (χ4n) is 4.41. The number of likely N-dealkylation sites (tertiary alicyclic amines) is 1. The number of piperidine rings is 1. The largest absolute Gasteiger partial charge is 0.359 e. The van der Waals surface area contributed by atoms with Crippen molar-refractivity contribution in [3.05, 3.63) is 53.2 Å². The van der Waals surface area contributed by atoms with Crippen molar-refractivity contribution in [1.82, 2.24) is 15.2 Å². The number of anilines is 2. The van der Waals surface area contributed by atoms with Gasteiger partial charge in [-0.15, -0.1) is 0 Å². The molecular weight excluding hydrogens is 390 g/mol. The Morgan fingerprint density at radius 3 is 2.77 bits per heavy atom. The molecule has 2 aliphatic heterocycles. The van der Waals surface area contributed by atoms with Crippen molar-refractivity contribution < 1.29 is 9.59 Å². The quantitative estimate of drug-likeness (QED) is 0.776. The van der Waals surface area contributed by atoms with Crippen molar-refractivity contribution in [2.24, 2.45) is 5.92 Å². The van der Waals surface area contributed by atoms with E-state index in [-0.39, 0.29) is 24.4 Å². The number of fused-ring (bicyclic) bond motifs is 1. The van der Waals surface area contributed by atoms with Crippen molar-refractivity contribution >= 4 is 23.3 Å². The molecule has 2 aromatic rings. The highest BCUT2D eigenvalue weighted by Gasteiger charge is 2.27. The van der Waals surface area contributed by atoms with Gasteiger partial charge in [0.15, 0.2) is 0 Å². The summed E-state index contributed by atoms with van der Waals surface area (Å²) in [5.41, 5.74) is 3.58. The van der Waals surface area contributed by atoms with Crippen molar-refractivity contribution in [2.75, 3.05) is 43.4 Å². The molecule has 1 atom stereocenters. The molecule has 0 radical (unpaired) electrons. The highest BCUT2D eigenvalue weighted by Crippen LogP contribution is 2.29. The zero-order valence-electron chi connectivity index (χ0n) is 18.5. The number of carbonyl (C=O) groups is 2. The van der Waals surface area contributed by atoms with Crippen LogP contribution in [0.3, 0.4) is 0 Å². The maximum Gasteiger partial charge on any atom is 0.252 e. The van der Waals surface area contributed by atoms with Crippen molar-refractivity contribution in [3.8, 4) is 0 Å². The van der Waals surface area contributed by atoms with E-state index in [1.807, 2.05) is 0 Å². The lowest BCUT2D eigenvalue weighted by atomic mass is 9.94. The lowest BCUT2D eigenvalue weighted by Gasteiger charge is -2.37. The zero-order valence-corrected chi connectivity index (χ0v) is 18.5. The maximum absolute atomic E-state index is 13.0. The van der Waals surface area contributed by atoms with Gasteiger partial charge in [-0.05, 0) is 56.0 Å². The maximum atomic E-state index is 13.0. The van der Waals surface area contributed by atoms with Crippen LogP contribution in [-0.4, -0.2) is 54.9 Å². The average molecular weight is 422 g/mol. The molecule has 3 heterocycles. The van der Waals surface area contributed by atoms with Crippen LogP contribution >= 0.6 is 0 Å². The number of amides is 2. The molecule has 2 amide bonds. The highest BCUT2D eigenvalue weighted by atomic mass is 16.2. The topological polar surface area (TPSA) is 77.6 Å². The molecule has 164 valence electrons. The molecule has 1 aromatic heterocycles. The van der Waals surface area contributed by atoms with Gasteiger partial charge in [0.25, 0.3) is 5.91 Å². The van der Waals surface area contributed by atoms with Gasteiger partial charge in [-0.3, -0.25) is 14.5 Å². The number of rotatable bonds is 5. The molecule has 1 aromatic carbocycles. The minimum Gasteiger partial charge on any atom is -0.359 e. The molecule has 0 bridgehead atoms. The molecule has 1 saturated heterocycles. The van der Waals surface area contributed by atoms with Crippen LogP contribution in [0, 0.1) is 12.8 Å². The number of likely N-dealkylation sites (N-methyl/N-ethyl adjacent to an activating group) is 1. The monoisotopic (exact) mass is 421 g/mol. The highest BCUT2D eigenvalue weighted by molar-refractivity contribution is 6.03. The van der Waals surface area contributed by atoms with Gasteiger partial charge in [-0.25, -0.2) is 4.98 Å². The third kappa shape index (κ3) is 4.56. The summed E-state index contributed by atoms with van der Waals surface area (Å²) in [6.45, 7) is 7.26. The summed E-state index contributed by atoms with van der Waals surface area (Å²) in [5, 5.41) is 6.11. The third-order valence-electron chi connectivity index (χ3n) is 6.53. The first-order valence-corrected chi connectivity index (χ1v) is 11.0. The van der Waals surface area contributed by atoms with Crippen molar-refractivity contribution in [3.63, 3.8) is 0 Å². The van der Waals surface area contributed by atoms with Crippen LogP contribution in [0.15, 0.2) is 36.5 Å².